The van der Waals surface area contributed by atoms with Gasteiger partial charge in [-0.2, -0.15) is 13.2 Å². The van der Waals surface area contributed by atoms with Crippen molar-refractivity contribution in [2.24, 2.45) is 0 Å². The van der Waals surface area contributed by atoms with Gasteiger partial charge in [-0.25, -0.2) is 9.97 Å². The van der Waals surface area contributed by atoms with Crippen molar-refractivity contribution in [3.8, 4) is 0 Å². The lowest BCUT2D eigenvalue weighted by Gasteiger charge is -2.15. The minimum atomic E-state index is -4.65. The van der Waals surface area contributed by atoms with Crippen LogP contribution in [0.4, 0.5) is 24.7 Å². The van der Waals surface area contributed by atoms with Gasteiger partial charge in [-0.05, 0) is 19.1 Å². The number of benzene rings is 1. The van der Waals surface area contributed by atoms with E-state index in [9.17, 15) is 22.8 Å². The first-order valence-electron chi connectivity index (χ1n) is 6.09. The Morgan fingerprint density at radius 1 is 1.27 bits per heavy atom. The maximum absolute atomic E-state index is 13.0. The molecule has 0 aliphatic carbocycles. The minimum Gasteiger partial charge on any atom is -0.339 e. The van der Waals surface area contributed by atoms with E-state index in [0.29, 0.717) is 6.20 Å². The highest BCUT2D eigenvalue weighted by Crippen LogP contribution is 2.35. The lowest BCUT2D eigenvalue weighted by molar-refractivity contribution is -0.137. The summed E-state index contributed by atoms with van der Waals surface area (Å²) in [6.07, 6.45) is -3.90. The van der Waals surface area contributed by atoms with Gasteiger partial charge in [0.15, 0.2) is 6.29 Å². The van der Waals surface area contributed by atoms with Crippen molar-refractivity contribution in [1.82, 2.24) is 9.97 Å². The summed E-state index contributed by atoms with van der Waals surface area (Å²) in [7, 11) is 0. The Hall–Kier alpha value is -2.77. The van der Waals surface area contributed by atoms with Crippen molar-refractivity contribution >= 4 is 23.6 Å². The number of hydrogen-bond donors (Lipinski definition) is 1. The fourth-order valence-corrected chi connectivity index (χ4v) is 1.77. The van der Waals surface area contributed by atoms with E-state index in [2.05, 4.69) is 15.3 Å². The van der Waals surface area contributed by atoms with Crippen molar-refractivity contribution in [2.75, 3.05) is 5.32 Å². The van der Waals surface area contributed by atoms with E-state index >= 15 is 0 Å². The summed E-state index contributed by atoms with van der Waals surface area (Å²) in [4.78, 5) is 29.4. The number of anilines is 2. The standard InChI is InChI=1S/C14H10F3N3O2/c1-8-18-6-10(14(15,16)17)13(19-8)20-11-5-3-2-4-9(11)12(22)7-21/h2-7H,1H3,(H,18,19,20). The maximum Gasteiger partial charge on any atom is 0.421 e. The zero-order valence-electron chi connectivity index (χ0n) is 11.3. The first-order chi connectivity index (χ1) is 10.3. The third-order valence-electron chi connectivity index (χ3n) is 2.77. The molecule has 0 unspecified atom stereocenters. The topological polar surface area (TPSA) is 72.0 Å². The largest absolute Gasteiger partial charge is 0.421 e. The summed E-state index contributed by atoms with van der Waals surface area (Å²) >= 11 is 0. The van der Waals surface area contributed by atoms with E-state index < -0.39 is 23.3 Å². The van der Waals surface area contributed by atoms with E-state index in [1.165, 1.54) is 31.2 Å². The average molecular weight is 309 g/mol. The second-order valence-electron chi connectivity index (χ2n) is 4.33. The molecule has 1 aromatic heterocycles. The fourth-order valence-electron chi connectivity index (χ4n) is 1.77. The van der Waals surface area contributed by atoms with Crippen LogP contribution < -0.4 is 5.32 Å². The first-order valence-corrected chi connectivity index (χ1v) is 6.09. The number of aromatic nitrogens is 2. The van der Waals surface area contributed by atoms with Gasteiger partial charge < -0.3 is 5.32 Å². The summed E-state index contributed by atoms with van der Waals surface area (Å²) in [5.74, 6) is -1.19. The Labute approximate surface area is 123 Å². The third kappa shape index (κ3) is 3.27. The van der Waals surface area contributed by atoms with E-state index in [0.717, 1.165) is 0 Å². The first kappa shape index (κ1) is 15.6. The molecule has 0 bridgehead atoms. The third-order valence-corrected chi connectivity index (χ3v) is 2.77. The second kappa shape index (κ2) is 5.92. The minimum absolute atomic E-state index is 0.0399. The molecule has 22 heavy (non-hydrogen) atoms. The molecule has 5 nitrogen and oxygen atoms in total. The second-order valence-corrected chi connectivity index (χ2v) is 4.33. The molecule has 0 saturated heterocycles. The number of carbonyl (C=O) groups excluding carboxylic acids is 2. The number of aryl methyl sites for hydroxylation is 1. The number of Topliss-reactive ketones (excluding diaryl/α,β-unsaturated/α-hetero) is 1. The zero-order valence-corrected chi connectivity index (χ0v) is 11.3. The van der Waals surface area contributed by atoms with Gasteiger partial charge in [0.2, 0.25) is 5.78 Å². The van der Waals surface area contributed by atoms with Crippen molar-refractivity contribution in [3.05, 3.63) is 47.4 Å². The van der Waals surface area contributed by atoms with Gasteiger partial charge in [-0.1, -0.05) is 12.1 Å². The Bertz CT molecular complexity index is 730. The molecule has 0 atom stereocenters. The van der Waals surface area contributed by atoms with Crippen molar-refractivity contribution in [1.29, 1.82) is 0 Å². The van der Waals surface area contributed by atoms with Crippen molar-refractivity contribution in [2.45, 2.75) is 13.1 Å². The van der Waals surface area contributed by atoms with Crippen LogP contribution in [0, 0.1) is 6.92 Å². The molecule has 0 spiro atoms. The number of aldehydes is 1. The van der Waals surface area contributed by atoms with Crippen LogP contribution in [0.2, 0.25) is 0 Å². The van der Waals surface area contributed by atoms with E-state index in [1.807, 2.05) is 0 Å². The van der Waals surface area contributed by atoms with E-state index in [-0.39, 0.29) is 23.4 Å². The number of carbonyl (C=O) groups is 2. The zero-order chi connectivity index (χ0) is 16.3. The number of rotatable bonds is 4. The molecule has 0 saturated carbocycles. The molecule has 114 valence electrons. The van der Waals surface area contributed by atoms with Crippen LogP contribution in [0.15, 0.2) is 30.5 Å². The summed E-state index contributed by atoms with van der Waals surface area (Å²) in [5, 5.41) is 2.45. The van der Waals surface area contributed by atoms with E-state index in [4.69, 9.17) is 0 Å². The molecule has 0 aliphatic rings. The molecule has 1 heterocycles. The lowest BCUT2D eigenvalue weighted by Crippen LogP contribution is -2.13. The Morgan fingerprint density at radius 3 is 2.59 bits per heavy atom. The molecule has 0 fully saturated rings. The number of halogens is 3. The summed E-state index contributed by atoms with van der Waals surface area (Å²) in [5.41, 5.74) is -1.04. The Morgan fingerprint density at radius 2 is 1.95 bits per heavy atom. The number of nitrogens with zero attached hydrogens (tertiary/aromatic N) is 2. The van der Waals surface area contributed by atoms with Gasteiger partial charge in [0, 0.05) is 11.8 Å². The fraction of sp³-hybridized carbons (Fsp3) is 0.143. The monoisotopic (exact) mass is 309 g/mol. The molecular weight excluding hydrogens is 299 g/mol. The van der Waals surface area contributed by atoms with Crippen molar-refractivity contribution in [3.63, 3.8) is 0 Å². The normalized spacial score (nSPS) is 11.1. The number of nitrogens with one attached hydrogen (secondary N) is 1. The molecule has 2 aromatic rings. The number of alkyl halides is 3. The predicted octanol–water partition coefficient (Wildman–Crippen LogP) is 2.93. The quantitative estimate of drug-likeness (QED) is 0.534. The summed E-state index contributed by atoms with van der Waals surface area (Å²) < 4.78 is 38.9. The van der Waals surface area contributed by atoms with Crippen LogP contribution in [-0.4, -0.2) is 22.0 Å². The average Bonchev–Trinajstić information content (AvgIpc) is 2.46. The van der Waals surface area contributed by atoms with Crippen LogP contribution in [0.5, 0.6) is 0 Å². The highest BCUT2D eigenvalue weighted by molar-refractivity contribution is 6.34. The summed E-state index contributed by atoms with van der Waals surface area (Å²) in [6, 6.07) is 5.73. The molecule has 1 N–H and O–H groups in total. The molecule has 2 rings (SSSR count). The predicted molar refractivity (Wildman–Crippen MR) is 71.9 cm³/mol. The van der Waals surface area contributed by atoms with Gasteiger partial charge in [0.05, 0.1) is 5.69 Å². The molecule has 1 aromatic carbocycles. The van der Waals surface area contributed by atoms with Crippen LogP contribution in [0.25, 0.3) is 0 Å². The Kier molecular flexibility index (Phi) is 4.20. The van der Waals surface area contributed by atoms with Crippen LogP contribution in [-0.2, 0) is 11.0 Å². The molecule has 0 amide bonds. The van der Waals surface area contributed by atoms with Crippen LogP contribution >= 0.6 is 0 Å². The number of ketones is 1. The SMILES string of the molecule is Cc1ncc(C(F)(F)F)c(Nc2ccccc2C(=O)C=O)n1. The van der Waals surface area contributed by atoms with Crippen LogP contribution in [0.1, 0.15) is 21.7 Å². The van der Waals surface area contributed by atoms with Gasteiger partial charge in [0.25, 0.3) is 0 Å². The molecule has 0 radical (unpaired) electrons. The smallest absolute Gasteiger partial charge is 0.339 e. The summed E-state index contributed by atoms with van der Waals surface area (Å²) in [6.45, 7) is 1.44. The highest BCUT2D eigenvalue weighted by atomic mass is 19.4. The van der Waals surface area contributed by atoms with Gasteiger partial charge in [0.1, 0.15) is 17.2 Å². The van der Waals surface area contributed by atoms with E-state index in [1.54, 1.807) is 0 Å². The van der Waals surface area contributed by atoms with Gasteiger partial charge in [-0.3, -0.25) is 9.59 Å². The van der Waals surface area contributed by atoms with Gasteiger partial charge in [-0.15, -0.1) is 0 Å². The van der Waals surface area contributed by atoms with Crippen molar-refractivity contribution < 1.29 is 22.8 Å². The molecule has 8 heteroatoms. The van der Waals surface area contributed by atoms with Crippen LogP contribution in [0.3, 0.4) is 0 Å². The number of para-hydroxylation sites is 1. The molecule has 0 aliphatic heterocycles. The number of hydrogen-bond acceptors (Lipinski definition) is 5. The highest BCUT2D eigenvalue weighted by Gasteiger charge is 2.35. The lowest BCUT2D eigenvalue weighted by atomic mass is 10.1. The van der Waals surface area contributed by atoms with Gasteiger partial charge >= 0.3 is 6.18 Å². The Balaban J connectivity index is 2.50. The maximum atomic E-state index is 13.0. The molecular formula is C14H10F3N3O2.